The first-order valence-corrected chi connectivity index (χ1v) is 8.89. The highest BCUT2D eigenvalue weighted by molar-refractivity contribution is 5.98. The summed E-state index contributed by atoms with van der Waals surface area (Å²) in [6, 6.07) is 3.82. The summed E-state index contributed by atoms with van der Waals surface area (Å²) in [5.74, 6) is -1.82. The summed E-state index contributed by atoms with van der Waals surface area (Å²) < 4.78 is 5.11. The van der Waals surface area contributed by atoms with Crippen LogP contribution in [0, 0.1) is 5.41 Å². The minimum Gasteiger partial charge on any atom is -0.497 e. The number of aliphatic carboxylic acids is 1. The highest BCUT2D eigenvalue weighted by atomic mass is 16.5. The van der Waals surface area contributed by atoms with E-state index in [-0.39, 0.29) is 22.4 Å². The summed E-state index contributed by atoms with van der Waals surface area (Å²) in [6.45, 7) is 1.77. The number of nitrogens with zero attached hydrogens (tertiary/aromatic N) is 2. The van der Waals surface area contributed by atoms with Gasteiger partial charge in [0.25, 0.3) is 5.91 Å². The number of carboxylic acid groups (broad SMARTS) is 2. The Bertz CT molecular complexity index is 769. The Balaban J connectivity index is 1.72. The number of aromatic carboxylic acids is 1. The van der Waals surface area contributed by atoms with Crippen LogP contribution in [0.2, 0.25) is 0 Å². The van der Waals surface area contributed by atoms with Crippen molar-refractivity contribution in [2.75, 3.05) is 33.8 Å². The van der Waals surface area contributed by atoms with E-state index in [9.17, 15) is 24.6 Å². The molecule has 1 spiro atoms. The Hall–Kier alpha value is -2.61. The van der Waals surface area contributed by atoms with Gasteiger partial charge in [-0.2, -0.15) is 0 Å². The van der Waals surface area contributed by atoms with Crippen molar-refractivity contribution < 1.29 is 29.3 Å². The van der Waals surface area contributed by atoms with Gasteiger partial charge >= 0.3 is 11.9 Å². The SMILES string of the molecule is COc1cc(C(=O)O)cc(C(=O)N2CCC3(CC2)C[C@@H](C(=O)O)N(C)C3)c1. The summed E-state index contributed by atoms with van der Waals surface area (Å²) in [5, 5.41) is 18.6. The fourth-order valence-electron chi connectivity index (χ4n) is 4.24. The molecule has 1 aromatic rings. The van der Waals surface area contributed by atoms with Crippen molar-refractivity contribution in [1.29, 1.82) is 0 Å². The molecule has 0 aliphatic carbocycles. The van der Waals surface area contributed by atoms with Gasteiger partial charge in [0.05, 0.1) is 12.7 Å². The number of carbonyl (C=O) groups excluding carboxylic acids is 1. The van der Waals surface area contributed by atoms with Crippen LogP contribution in [0.15, 0.2) is 18.2 Å². The Morgan fingerprint density at radius 2 is 1.74 bits per heavy atom. The molecule has 1 aromatic carbocycles. The minimum atomic E-state index is -1.12. The number of hydrogen-bond acceptors (Lipinski definition) is 5. The average molecular weight is 376 g/mol. The minimum absolute atomic E-state index is 0.00731. The summed E-state index contributed by atoms with van der Waals surface area (Å²) in [7, 11) is 3.25. The van der Waals surface area contributed by atoms with Crippen molar-refractivity contribution in [3.63, 3.8) is 0 Å². The molecule has 2 aliphatic rings. The predicted molar refractivity (Wildman–Crippen MR) is 96.2 cm³/mol. The molecule has 2 N–H and O–H groups in total. The second-order valence-electron chi connectivity index (χ2n) is 7.52. The van der Waals surface area contributed by atoms with Crippen molar-refractivity contribution in [2.45, 2.75) is 25.3 Å². The zero-order chi connectivity index (χ0) is 19.8. The fraction of sp³-hybridized carbons (Fsp3) is 0.526. The Kier molecular flexibility index (Phi) is 5.10. The number of likely N-dealkylation sites (N-methyl/N-ethyl adjacent to an activating group) is 1. The van der Waals surface area contributed by atoms with Gasteiger partial charge in [0, 0.05) is 25.2 Å². The number of methoxy groups -OCH3 is 1. The molecule has 2 aliphatic heterocycles. The highest BCUT2D eigenvalue weighted by Gasteiger charge is 2.47. The molecule has 8 heteroatoms. The lowest BCUT2D eigenvalue weighted by Gasteiger charge is -2.39. The number of benzene rings is 1. The number of ether oxygens (including phenoxy) is 1. The molecule has 1 atom stereocenters. The molecule has 0 aromatic heterocycles. The largest absolute Gasteiger partial charge is 0.497 e. The molecule has 3 rings (SSSR count). The van der Waals surface area contributed by atoms with Crippen LogP contribution in [-0.2, 0) is 4.79 Å². The zero-order valence-corrected chi connectivity index (χ0v) is 15.5. The Morgan fingerprint density at radius 1 is 1.11 bits per heavy atom. The second-order valence-corrected chi connectivity index (χ2v) is 7.52. The standard InChI is InChI=1S/C19H24N2O6/c1-20-11-19(10-15(20)18(25)26)3-5-21(6-4-19)16(22)12-7-13(17(23)24)9-14(8-12)27-2/h7-9,15H,3-6,10-11H2,1-2H3,(H,23,24)(H,25,26)/t15-/m0/s1. The third kappa shape index (κ3) is 3.75. The van der Waals surface area contributed by atoms with E-state index >= 15 is 0 Å². The maximum atomic E-state index is 12.9. The molecule has 0 bridgehead atoms. The molecule has 0 saturated carbocycles. The van der Waals surface area contributed by atoms with Crippen molar-refractivity contribution in [1.82, 2.24) is 9.80 Å². The number of carboxylic acids is 2. The summed E-state index contributed by atoms with van der Waals surface area (Å²) in [5.41, 5.74) is 0.220. The lowest BCUT2D eigenvalue weighted by Crippen LogP contribution is -2.44. The zero-order valence-electron chi connectivity index (χ0n) is 15.5. The number of likely N-dealkylation sites (tertiary alicyclic amines) is 2. The molecule has 0 radical (unpaired) electrons. The third-order valence-corrected chi connectivity index (χ3v) is 5.78. The van der Waals surface area contributed by atoms with Gasteiger partial charge in [0.2, 0.25) is 0 Å². The molecule has 27 heavy (non-hydrogen) atoms. The maximum Gasteiger partial charge on any atom is 0.335 e. The average Bonchev–Trinajstić information content (AvgIpc) is 2.97. The predicted octanol–water partition coefficient (Wildman–Crippen LogP) is 1.40. The lowest BCUT2D eigenvalue weighted by atomic mass is 9.76. The normalized spacial score (nSPS) is 22.0. The van der Waals surface area contributed by atoms with Gasteiger partial charge < -0.3 is 19.8 Å². The quantitative estimate of drug-likeness (QED) is 0.818. The molecule has 8 nitrogen and oxygen atoms in total. The molecular formula is C19H24N2O6. The van der Waals surface area contributed by atoms with Gasteiger partial charge in [-0.15, -0.1) is 0 Å². The molecule has 2 heterocycles. The van der Waals surface area contributed by atoms with Crippen LogP contribution in [0.25, 0.3) is 0 Å². The van der Waals surface area contributed by atoms with Gasteiger partial charge in [-0.25, -0.2) is 4.79 Å². The summed E-state index contributed by atoms with van der Waals surface area (Å²) in [4.78, 5) is 39.1. The van der Waals surface area contributed by atoms with Gasteiger partial charge in [0.1, 0.15) is 11.8 Å². The van der Waals surface area contributed by atoms with Crippen molar-refractivity contribution in [2.24, 2.45) is 5.41 Å². The van der Waals surface area contributed by atoms with Crippen molar-refractivity contribution in [3.8, 4) is 5.75 Å². The molecule has 146 valence electrons. The first-order chi connectivity index (χ1) is 12.7. The smallest absolute Gasteiger partial charge is 0.335 e. The van der Waals surface area contributed by atoms with E-state index in [0.29, 0.717) is 31.8 Å². The Morgan fingerprint density at radius 3 is 2.26 bits per heavy atom. The molecule has 0 unspecified atom stereocenters. The highest BCUT2D eigenvalue weighted by Crippen LogP contribution is 2.43. The van der Waals surface area contributed by atoms with Crippen LogP contribution in [-0.4, -0.2) is 77.7 Å². The monoisotopic (exact) mass is 376 g/mol. The Labute approximate surface area is 157 Å². The van der Waals surface area contributed by atoms with E-state index in [2.05, 4.69) is 0 Å². The van der Waals surface area contributed by atoms with Gasteiger partial charge in [-0.1, -0.05) is 0 Å². The first kappa shape index (κ1) is 19.2. The van der Waals surface area contributed by atoms with Crippen LogP contribution in [0.4, 0.5) is 0 Å². The number of hydrogen-bond donors (Lipinski definition) is 2. The van der Waals surface area contributed by atoms with Crippen molar-refractivity contribution in [3.05, 3.63) is 29.3 Å². The van der Waals surface area contributed by atoms with Crippen LogP contribution in [0.1, 0.15) is 40.0 Å². The molecule has 2 saturated heterocycles. The molecular weight excluding hydrogens is 352 g/mol. The van der Waals surface area contributed by atoms with E-state index in [1.54, 1.807) is 11.0 Å². The fourth-order valence-corrected chi connectivity index (χ4v) is 4.24. The number of carbonyl (C=O) groups is 3. The maximum absolute atomic E-state index is 12.9. The summed E-state index contributed by atoms with van der Waals surface area (Å²) in [6.07, 6.45) is 2.08. The van der Waals surface area contributed by atoms with Crippen molar-refractivity contribution >= 4 is 17.8 Å². The van der Waals surface area contributed by atoms with E-state index in [1.807, 2.05) is 11.9 Å². The second kappa shape index (κ2) is 7.19. The molecule has 1 amide bonds. The topological polar surface area (TPSA) is 107 Å². The van der Waals surface area contributed by atoms with E-state index < -0.39 is 18.0 Å². The van der Waals surface area contributed by atoms with Gasteiger partial charge in [-0.05, 0) is 49.9 Å². The van der Waals surface area contributed by atoms with E-state index in [4.69, 9.17) is 4.74 Å². The van der Waals surface area contributed by atoms with Crippen LogP contribution >= 0.6 is 0 Å². The number of piperidine rings is 1. The third-order valence-electron chi connectivity index (χ3n) is 5.78. The van der Waals surface area contributed by atoms with Crippen LogP contribution in [0.5, 0.6) is 5.75 Å². The number of rotatable bonds is 4. The van der Waals surface area contributed by atoms with E-state index in [1.165, 1.54) is 19.2 Å². The van der Waals surface area contributed by atoms with E-state index in [0.717, 1.165) is 12.8 Å². The van der Waals surface area contributed by atoms with Gasteiger partial charge in [-0.3, -0.25) is 14.5 Å². The summed E-state index contributed by atoms with van der Waals surface area (Å²) >= 11 is 0. The lowest BCUT2D eigenvalue weighted by molar-refractivity contribution is -0.141. The van der Waals surface area contributed by atoms with Gasteiger partial charge in [0.15, 0.2) is 0 Å². The first-order valence-electron chi connectivity index (χ1n) is 8.89. The van der Waals surface area contributed by atoms with Crippen LogP contribution in [0.3, 0.4) is 0 Å². The number of amides is 1. The van der Waals surface area contributed by atoms with Crippen LogP contribution < -0.4 is 4.74 Å². The molecule has 2 fully saturated rings.